The number of ether oxygens (including phenoxy) is 1. The number of anilines is 1. The van der Waals surface area contributed by atoms with Gasteiger partial charge < -0.3 is 15.4 Å². The summed E-state index contributed by atoms with van der Waals surface area (Å²) in [6.45, 7) is 5.86. The van der Waals surface area contributed by atoms with Crippen molar-refractivity contribution < 1.29 is 14.3 Å². The van der Waals surface area contributed by atoms with E-state index in [1.165, 1.54) is 6.42 Å². The highest BCUT2D eigenvalue weighted by Crippen LogP contribution is 2.19. The monoisotopic (exact) mass is 331 g/mol. The minimum absolute atomic E-state index is 0.146. The summed E-state index contributed by atoms with van der Waals surface area (Å²) >= 11 is 0. The Bertz CT molecular complexity index is 553. The van der Waals surface area contributed by atoms with Gasteiger partial charge in [-0.15, -0.1) is 0 Å². The van der Waals surface area contributed by atoms with Crippen molar-refractivity contribution in [3.63, 3.8) is 0 Å². The lowest BCUT2D eigenvalue weighted by Gasteiger charge is -2.26. The number of carbonyl (C=O) groups is 2. The van der Waals surface area contributed by atoms with Gasteiger partial charge in [0, 0.05) is 11.7 Å². The van der Waals surface area contributed by atoms with E-state index < -0.39 is 12.0 Å². The SMILES string of the molecule is [CH2]Cc1ccccc1NC(C(=O)NC1CCCCC1)C(=O)OCC. The summed E-state index contributed by atoms with van der Waals surface area (Å²) in [7, 11) is 0. The topological polar surface area (TPSA) is 67.4 Å². The zero-order valence-electron chi connectivity index (χ0n) is 14.3. The Hall–Kier alpha value is -2.04. The molecule has 1 saturated carbocycles. The van der Waals surface area contributed by atoms with E-state index in [0.717, 1.165) is 36.9 Å². The molecule has 1 fully saturated rings. The van der Waals surface area contributed by atoms with E-state index in [2.05, 4.69) is 17.6 Å². The third kappa shape index (κ3) is 4.98. The molecule has 2 N–H and O–H groups in total. The molecule has 1 atom stereocenters. The van der Waals surface area contributed by atoms with Crippen molar-refractivity contribution in [1.82, 2.24) is 5.32 Å². The number of carbonyl (C=O) groups excluding carboxylic acids is 2. The molecule has 1 amide bonds. The van der Waals surface area contributed by atoms with Crippen molar-refractivity contribution in [3.05, 3.63) is 36.8 Å². The highest BCUT2D eigenvalue weighted by atomic mass is 16.5. The van der Waals surface area contributed by atoms with Crippen LogP contribution < -0.4 is 10.6 Å². The molecule has 5 heteroatoms. The molecule has 5 nitrogen and oxygen atoms in total. The van der Waals surface area contributed by atoms with Crippen LogP contribution in [-0.4, -0.2) is 30.6 Å². The van der Waals surface area contributed by atoms with Crippen molar-refractivity contribution in [2.24, 2.45) is 0 Å². The van der Waals surface area contributed by atoms with Gasteiger partial charge in [-0.1, -0.05) is 37.5 Å². The summed E-state index contributed by atoms with van der Waals surface area (Å²) in [5.74, 6) is -0.871. The van der Waals surface area contributed by atoms with Gasteiger partial charge in [-0.3, -0.25) is 4.79 Å². The minimum Gasteiger partial charge on any atom is -0.464 e. The maximum Gasteiger partial charge on any atom is 0.338 e. The fraction of sp³-hybridized carbons (Fsp3) is 0.526. The summed E-state index contributed by atoms with van der Waals surface area (Å²) in [6, 6.07) is 6.65. The molecular weight excluding hydrogens is 304 g/mol. The van der Waals surface area contributed by atoms with E-state index in [1.54, 1.807) is 6.92 Å². The van der Waals surface area contributed by atoms with E-state index >= 15 is 0 Å². The van der Waals surface area contributed by atoms with Crippen LogP contribution in [0.2, 0.25) is 0 Å². The maximum atomic E-state index is 12.6. The van der Waals surface area contributed by atoms with Gasteiger partial charge in [0.2, 0.25) is 6.04 Å². The van der Waals surface area contributed by atoms with Gasteiger partial charge >= 0.3 is 5.97 Å². The summed E-state index contributed by atoms with van der Waals surface area (Å²) in [6.07, 6.45) is 5.96. The fourth-order valence-electron chi connectivity index (χ4n) is 3.02. The molecule has 0 aromatic heterocycles. The molecule has 0 heterocycles. The Morgan fingerprint density at radius 3 is 2.62 bits per heavy atom. The van der Waals surface area contributed by atoms with Crippen LogP contribution in [0, 0.1) is 6.92 Å². The standard InChI is InChI=1S/C19H27N2O3/c1-3-14-10-8-9-13-16(14)21-17(19(23)24-4-2)18(22)20-15-11-6-5-7-12-15/h8-10,13,15,17,21H,1,3-7,11-12H2,2H3,(H,20,22). The maximum absolute atomic E-state index is 12.6. The summed E-state index contributed by atoms with van der Waals surface area (Å²) in [5, 5.41) is 6.04. The Morgan fingerprint density at radius 2 is 1.96 bits per heavy atom. The van der Waals surface area contributed by atoms with Gasteiger partial charge in [0.05, 0.1) is 6.61 Å². The number of hydrogen-bond acceptors (Lipinski definition) is 4. The van der Waals surface area contributed by atoms with Crippen LogP contribution in [-0.2, 0) is 20.7 Å². The average molecular weight is 331 g/mol. The number of amides is 1. The first kappa shape index (κ1) is 18.3. The fourth-order valence-corrected chi connectivity index (χ4v) is 3.02. The van der Waals surface area contributed by atoms with E-state index in [-0.39, 0.29) is 18.6 Å². The zero-order valence-corrected chi connectivity index (χ0v) is 14.3. The van der Waals surface area contributed by atoms with Crippen LogP contribution in [0.4, 0.5) is 5.69 Å². The first-order valence-electron chi connectivity index (χ1n) is 8.76. The van der Waals surface area contributed by atoms with Gasteiger partial charge in [-0.05, 0) is 44.7 Å². The Morgan fingerprint density at radius 1 is 1.25 bits per heavy atom. The molecule has 0 bridgehead atoms. The lowest BCUT2D eigenvalue weighted by Crippen LogP contribution is -2.49. The molecule has 1 unspecified atom stereocenters. The molecule has 2 rings (SSSR count). The van der Waals surface area contributed by atoms with Crippen LogP contribution >= 0.6 is 0 Å². The number of hydrogen-bond donors (Lipinski definition) is 2. The molecule has 131 valence electrons. The second-order valence-corrected chi connectivity index (χ2v) is 6.08. The number of esters is 1. The highest BCUT2D eigenvalue weighted by molar-refractivity contribution is 6.04. The number of nitrogens with one attached hydrogen (secondary N) is 2. The smallest absolute Gasteiger partial charge is 0.338 e. The first-order valence-corrected chi connectivity index (χ1v) is 8.76. The third-order valence-corrected chi connectivity index (χ3v) is 4.32. The normalized spacial score (nSPS) is 16.2. The first-order chi connectivity index (χ1) is 11.7. The van der Waals surface area contributed by atoms with Crippen LogP contribution in [0.3, 0.4) is 0 Å². The van der Waals surface area contributed by atoms with E-state index in [9.17, 15) is 9.59 Å². The molecule has 1 aromatic rings. The quantitative estimate of drug-likeness (QED) is 0.595. The number of para-hydroxylation sites is 1. The third-order valence-electron chi connectivity index (χ3n) is 4.32. The van der Waals surface area contributed by atoms with Crippen molar-refractivity contribution in [2.75, 3.05) is 11.9 Å². The van der Waals surface area contributed by atoms with Gasteiger partial charge in [0.1, 0.15) is 0 Å². The predicted octanol–water partition coefficient (Wildman–Crippen LogP) is 2.86. The summed E-state index contributed by atoms with van der Waals surface area (Å²) in [5.41, 5.74) is 1.70. The van der Waals surface area contributed by atoms with Crippen molar-refractivity contribution in [1.29, 1.82) is 0 Å². The van der Waals surface area contributed by atoms with E-state index in [1.807, 2.05) is 24.3 Å². The minimum atomic E-state index is -1.04. The van der Waals surface area contributed by atoms with Crippen molar-refractivity contribution in [3.8, 4) is 0 Å². The Balaban J connectivity index is 2.11. The molecule has 1 aliphatic rings. The van der Waals surface area contributed by atoms with E-state index in [4.69, 9.17) is 4.74 Å². The molecule has 1 aromatic carbocycles. The average Bonchev–Trinajstić information content (AvgIpc) is 2.60. The predicted molar refractivity (Wildman–Crippen MR) is 94.6 cm³/mol. The van der Waals surface area contributed by atoms with Crippen molar-refractivity contribution >= 4 is 17.6 Å². The van der Waals surface area contributed by atoms with E-state index in [0.29, 0.717) is 6.42 Å². The Kier molecular flexibility index (Phi) is 7.09. The second kappa shape index (κ2) is 9.30. The highest BCUT2D eigenvalue weighted by Gasteiger charge is 2.30. The van der Waals surface area contributed by atoms with Gasteiger partial charge in [-0.25, -0.2) is 4.79 Å². The van der Waals surface area contributed by atoms with Crippen LogP contribution in [0.15, 0.2) is 24.3 Å². The molecule has 24 heavy (non-hydrogen) atoms. The molecule has 1 aliphatic carbocycles. The van der Waals surface area contributed by atoms with Crippen molar-refractivity contribution in [2.45, 2.75) is 57.5 Å². The largest absolute Gasteiger partial charge is 0.464 e. The molecule has 0 aliphatic heterocycles. The summed E-state index contributed by atoms with van der Waals surface area (Å²) < 4.78 is 5.08. The van der Waals surface area contributed by atoms with Crippen LogP contribution in [0.25, 0.3) is 0 Å². The Labute approximate surface area is 144 Å². The molecular formula is C19H27N2O3. The molecule has 0 saturated heterocycles. The molecule has 0 spiro atoms. The summed E-state index contributed by atoms with van der Waals surface area (Å²) in [4.78, 5) is 24.9. The van der Waals surface area contributed by atoms with Crippen LogP contribution in [0.1, 0.15) is 44.6 Å². The molecule has 1 radical (unpaired) electrons. The van der Waals surface area contributed by atoms with Gasteiger partial charge in [-0.2, -0.15) is 0 Å². The lowest BCUT2D eigenvalue weighted by molar-refractivity contribution is -0.147. The zero-order chi connectivity index (χ0) is 17.4. The number of rotatable bonds is 7. The lowest BCUT2D eigenvalue weighted by atomic mass is 9.95. The van der Waals surface area contributed by atoms with Crippen LogP contribution in [0.5, 0.6) is 0 Å². The van der Waals surface area contributed by atoms with Gasteiger partial charge in [0.15, 0.2) is 0 Å². The second-order valence-electron chi connectivity index (χ2n) is 6.08. The van der Waals surface area contributed by atoms with Gasteiger partial charge in [0.25, 0.3) is 5.91 Å². The number of benzene rings is 1.